The number of aromatic nitrogens is 4. The van der Waals surface area contributed by atoms with Crippen molar-refractivity contribution < 1.29 is 13.6 Å². The van der Waals surface area contributed by atoms with Gasteiger partial charge in [-0.3, -0.25) is 0 Å². The molecule has 2 amide bonds. The zero-order chi connectivity index (χ0) is 30.2. The third kappa shape index (κ3) is 5.42. The maximum Gasteiger partial charge on any atom is 0.322 e. The molecule has 1 aliphatic rings. The molecule has 0 radical (unpaired) electrons. The topological polar surface area (TPSA) is 111 Å². The van der Waals surface area contributed by atoms with E-state index in [0.717, 1.165) is 6.07 Å². The maximum atomic E-state index is 15.8. The van der Waals surface area contributed by atoms with E-state index in [-0.39, 0.29) is 33.1 Å². The van der Waals surface area contributed by atoms with E-state index in [1.165, 1.54) is 29.2 Å². The van der Waals surface area contributed by atoms with Gasteiger partial charge in [-0.25, -0.2) is 13.6 Å². The fraction of sp³-hybridized carbons (Fsp3) is 0.300. The van der Waals surface area contributed by atoms with E-state index in [1.807, 2.05) is 20.8 Å². The quantitative estimate of drug-likeness (QED) is 0.242. The van der Waals surface area contributed by atoms with Crippen molar-refractivity contribution in [1.29, 1.82) is 5.26 Å². The molecular weight excluding hydrogens is 583 g/mol. The molecule has 1 fully saturated rings. The summed E-state index contributed by atoms with van der Waals surface area (Å²) in [4.78, 5) is 15.5. The molecule has 3 atom stereocenters. The van der Waals surface area contributed by atoms with Crippen LogP contribution in [0.4, 0.5) is 19.3 Å². The highest BCUT2D eigenvalue weighted by Crippen LogP contribution is 2.56. The molecule has 1 aromatic heterocycles. The van der Waals surface area contributed by atoms with Gasteiger partial charge in [0.25, 0.3) is 0 Å². The van der Waals surface area contributed by atoms with Gasteiger partial charge in [0.2, 0.25) is 5.82 Å². The number of nitrogens with zero attached hydrogens (tertiary/aromatic N) is 5. The number of amides is 2. The van der Waals surface area contributed by atoms with Crippen LogP contribution >= 0.6 is 23.2 Å². The molecule has 5 rings (SSSR count). The molecule has 0 aliphatic carbocycles. The molecule has 1 aliphatic heterocycles. The van der Waals surface area contributed by atoms with Crippen LogP contribution < -0.4 is 5.32 Å². The zero-order valence-corrected chi connectivity index (χ0v) is 24.5. The molecule has 2 heterocycles. The Morgan fingerprint density at radius 1 is 1.17 bits per heavy atom. The molecule has 42 heavy (non-hydrogen) atoms. The van der Waals surface area contributed by atoms with Crippen LogP contribution in [0.5, 0.6) is 0 Å². The summed E-state index contributed by atoms with van der Waals surface area (Å²) in [7, 11) is 0. The van der Waals surface area contributed by atoms with E-state index >= 15 is 8.78 Å². The van der Waals surface area contributed by atoms with Crippen molar-refractivity contribution in [2.45, 2.75) is 38.6 Å². The van der Waals surface area contributed by atoms with Gasteiger partial charge in [-0.2, -0.15) is 10.5 Å². The van der Waals surface area contributed by atoms with E-state index in [2.05, 4.69) is 32.0 Å². The highest BCUT2D eigenvalue weighted by molar-refractivity contribution is 6.31. The lowest BCUT2D eigenvalue weighted by atomic mass is 9.63. The number of halogens is 4. The summed E-state index contributed by atoms with van der Waals surface area (Å²) in [6.07, 6.45) is 0.429. The average Bonchev–Trinajstić information content (AvgIpc) is 3.57. The monoisotopic (exact) mass is 609 g/mol. The molecule has 1 saturated heterocycles. The summed E-state index contributed by atoms with van der Waals surface area (Å²) in [5, 5.41) is 27.7. The number of hydrogen-bond donors (Lipinski definition) is 2. The van der Waals surface area contributed by atoms with Gasteiger partial charge in [-0.1, -0.05) is 74.3 Å². The number of likely N-dealkylation sites (tertiary alicyclic amines) is 1. The Hall–Kier alpha value is -4.07. The molecular formula is C30H27Cl2F2N7O. The van der Waals surface area contributed by atoms with Gasteiger partial charge in [-0.15, -0.1) is 10.2 Å². The number of urea groups is 1. The number of anilines is 1. The number of nitrogens with one attached hydrogen (secondary N) is 2. The van der Waals surface area contributed by atoms with Crippen molar-refractivity contribution in [3.05, 3.63) is 93.5 Å². The Balaban J connectivity index is 1.67. The van der Waals surface area contributed by atoms with Gasteiger partial charge in [-0.05, 0) is 47.4 Å². The minimum atomic E-state index is -1.68. The van der Waals surface area contributed by atoms with Crippen LogP contribution in [0.3, 0.4) is 0 Å². The molecule has 4 aromatic rings. The number of rotatable bonds is 5. The standard InChI is InChI=1S/C30H27Cl2F2N7O/c1-29(2,3)14-18-15-41(28(42)36-20-7-4-6-17(12-20)27-37-39-40-38-27)26(21-8-5-9-23(32)25(21)34)30(18,16-35)22-11-10-19(31)13-24(22)33/h4-13,18,26H,14-15H2,1-3H3,(H,36,42)(H,37,38,39,40)/t18-,26-,30-/m1/s1. The van der Waals surface area contributed by atoms with Crippen LogP contribution in [0.2, 0.25) is 10.0 Å². The summed E-state index contributed by atoms with van der Waals surface area (Å²) in [6, 6.07) is 15.8. The fourth-order valence-electron chi connectivity index (χ4n) is 5.89. The molecule has 0 unspecified atom stereocenters. The van der Waals surface area contributed by atoms with Crippen LogP contribution in [-0.2, 0) is 5.41 Å². The summed E-state index contributed by atoms with van der Waals surface area (Å²) in [6.45, 7) is 6.03. The van der Waals surface area contributed by atoms with Crippen LogP contribution in [0.1, 0.15) is 44.4 Å². The fourth-order valence-corrected chi connectivity index (χ4v) is 6.23. The van der Waals surface area contributed by atoms with E-state index in [4.69, 9.17) is 23.2 Å². The smallest absolute Gasteiger partial charge is 0.315 e. The molecule has 0 saturated carbocycles. The van der Waals surface area contributed by atoms with Gasteiger partial charge < -0.3 is 10.2 Å². The van der Waals surface area contributed by atoms with Crippen molar-refractivity contribution in [3.8, 4) is 17.5 Å². The number of H-pyrrole nitrogens is 1. The van der Waals surface area contributed by atoms with Crippen LogP contribution in [0.25, 0.3) is 11.4 Å². The number of benzene rings is 3. The van der Waals surface area contributed by atoms with Crippen molar-refractivity contribution in [3.63, 3.8) is 0 Å². The van der Waals surface area contributed by atoms with E-state index in [9.17, 15) is 10.1 Å². The van der Waals surface area contributed by atoms with E-state index in [0.29, 0.717) is 23.5 Å². The third-order valence-corrected chi connectivity index (χ3v) is 8.01. The summed E-state index contributed by atoms with van der Waals surface area (Å²) >= 11 is 12.3. The van der Waals surface area contributed by atoms with Gasteiger partial charge in [0.05, 0.1) is 17.1 Å². The average molecular weight is 610 g/mol. The maximum absolute atomic E-state index is 15.8. The SMILES string of the molecule is CC(C)(C)C[C@@H]1CN(C(=O)Nc2cccc(-c3nn[nH]n3)c2)[C@H](c2cccc(Cl)c2F)[C@@]1(C#N)c1ccc(Cl)cc1F. The number of tetrazole rings is 1. The van der Waals surface area contributed by atoms with Crippen molar-refractivity contribution >= 4 is 34.9 Å². The van der Waals surface area contributed by atoms with Gasteiger partial charge >= 0.3 is 6.03 Å². The molecule has 0 bridgehead atoms. The van der Waals surface area contributed by atoms with E-state index < -0.39 is 35.0 Å². The number of hydrogen-bond acceptors (Lipinski definition) is 5. The van der Waals surface area contributed by atoms with Gasteiger partial charge in [0.1, 0.15) is 17.0 Å². The second-order valence-corrected chi connectivity index (χ2v) is 12.4. The highest BCUT2D eigenvalue weighted by atomic mass is 35.5. The molecule has 12 heteroatoms. The van der Waals surface area contributed by atoms with Crippen molar-refractivity contribution in [1.82, 2.24) is 25.5 Å². The third-order valence-electron chi connectivity index (χ3n) is 7.48. The Morgan fingerprint density at radius 2 is 1.93 bits per heavy atom. The molecule has 2 N–H and O–H groups in total. The number of carbonyl (C=O) groups is 1. The first kappa shape index (κ1) is 29.4. The summed E-state index contributed by atoms with van der Waals surface area (Å²) in [5.41, 5.74) is -0.962. The molecule has 216 valence electrons. The Labute approximate surface area is 251 Å². The van der Waals surface area contributed by atoms with Crippen LogP contribution in [0.15, 0.2) is 60.7 Å². The Morgan fingerprint density at radius 3 is 2.60 bits per heavy atom. The van der Waals surface area contributed by atoms with Crippen LogP contribution in [-0.4, -0.2) is 38.1 Å². The van der Waals surface area contributed by atoms with Crippen LogP contribution in [0, 0.1) is 34.3 Å². The largest absolute Gasteiger partial charge is 0.322 e. The number of carbonyl (C=O) groups excluding carboxylic acids is 1. The number of nitriles is 1. The lowest BCUT2D eigenvalue weighted by Gasteiger charge is -2.38. The predicted octanol–water partition coefficient (Wildman–Crippen LogP) is 7.55. The normalized spacial score (nSPS) is 20.4. The minimum Gasteiger partial charge on any atom is -0.315 e. The first-order valence-corrected chi connectivity index (χ1v) is 13.9. The molecule has 0 spiro atoms. The zero-order valence-electron chi connectivity index (χ0n) is 23.0. The minimum absolute atomic E-state index is 0.00510. The Kier molecular flexibility index (Phi) is 7.92. The van der Waals surface area contributed by atoms with Crippen molar-refractivity contribution in [2.75, 3.05) is 11.9 Å². The second-order valence-electron chi connectivity index (χ2n) is 11.5. The lowest BCUT2D eigenvalue weighted by molar-refractivity contribution is 0.198. The Bertz CT molecular complexity index is 1670. The van der Waals surface area contributed by atoms with Crippen molar-refractivity contribution in [2.24, 2.45) is 11.3 Å². The number of aromatic amines is 1. The van der Waals surface area contributed by atoms with E-state index in [1.54, 1.807) is 30.3 Å². The summed E-state index contributed by atoms with van der Waals surface area (Å²) < 4.78 is 31.6. The lowest BCUT2D eigenvalue weighted by Crippen LogP contribution is -2.42. The van der Waals surface area contributed by atoms with Gasteiger partial charge in [0.15, 0.2) is 0 Å². The first-order valence-electron chi connectivity index (χ1n) is 13.2. The predicted molar refractivity (Wildman–Crippen MR) is 156 cm³/mol. The first-order chi connectivity index (χ1) is 19.9. The highest BCUT2D eigenvalue weighted by Gasteiger charge is 2.60. The second kappa shape index (κ2) is 11.3. The molecule has 8 nitrogen and oxygen atoms in total. The molecule has 3 aromatic carbocycles. The summed E-state index contributed by atoms with van der Waals surface area (Å²) in [5.74, 6) is -1.76. The van der Waals surface area contributed by atoms with Gasteiger partial charge in [0, 0.05) is 39.9 Å².